The first-order chi connectivity index (χ1) is 8.97. The molecule has 0 aromatic heterocycles. The molecule has 0 spiro atoms. The SMILES string of the molecule is CCCNC1C(N(C)C(C)C2CC2)CCCC1(C)C. The molecule has 112 valence electrons. The molecule has 2 aliphatic rings. The van der Waals surface area contributed by atoms with E-state index in [4.69, 9.17) is 0 Å². The maximum Gasteiger partial charge on any atom is 0.0274 e. The molecule has 0 heterocycles. The summed E-state index contributed by atoms with van der Waals surface area (Å²) in [7, 11) is 2.37. The predicted molar refractivity (Wildman–Crippen MR) is 83.5 cm³/mol. The van der Waals surface area contributed by atoms with Crippen molar-refractivity contribution in [1.82, 2.24) is 10.2 Å². The van der Waals surface area contributed by atoms with Crippen LogP contribution in [0.3, 0.4) is 0 Å². The lowest BCUT2D eigenvalue weighted by Gasteiger charge is -2.49. The first-order valence-electron chi connectivity index (χ1n) is 8.42. The van der Waals surface area contributed by atoms with E-state index in [1.165, 1.54) is 38.5 Å². The van der Waals surface area contributed by atoms with Gasteiger partial charge >= 0.3 is 0 Å². The Morgan fingerprint density at radius 1 is 1.26 bits per heavy atom. The van der Waals surface area contributed by atoms with Crippen molar-refractivity contribution in [2.24, 2.45) is 11.3 Å². The standard InChI is InChI=1S/C17H34N2/c1-6-12-18-16-15(8-7-11-17(16,3)4)19(5)13(2)14-9-10-14/h13-16,18H,6-12H2,1-5H3. The van der Waals surface area contributed by atoms with E-state index in [0.29, 0.717) is 11.5 Å². The van der Waals surface area contributed by atoms with Crippen molar-refractivity contribution in [3.63, 3.8) is 0 Å². The Hall–Kier alpha value is -0.0800. The highest BCUT2D eigenvalue weighted by Gasteiger charge is 2.43. The van der Waals surface area contributed by atoms with Crippen LogP contribution in [0.15, 0.2) is 0 Å². The number of hydrogen-bond acceptors (Lipinski definition) is 2. The second-order valence-electron chi connectivity index (χ2n) is 7.62. The molecule has 0 aromatic rings. The van der Waals surface area contributed by atoms with E-state index < -0.39 is 0 Å². The zero-order chi connectivity index (χ0) is 14.0. The van der Waals surface area contributed by atoms with Gasteiger partial charge in [0.25, 0.3) is 0 Å². The van der Waals surface area contributed by atoms with E-state index in [2.05, 4.69) is 45.0 Å². The maximum atomic E-state index is 3.87. The molecule has 2 fully saturated rings. The highest BCUT2D eigenvalue weighted by atomic mass is 15.2. The van der Waals surface area contributed by atoms with Crippen LogP contribution in [-0.2, 0) is 0 Å². The van der Waals surface area contributed by atoms with Crippen LogP contribution in [0.2, 0.25) is 0 Å². The van der Waals surface area contributed by atoms with Crippen LogP contribution in [-0.4, -0.2) is 36.6 Å². The van der Waals surface area contributed by atoms with Crippen LogP contribution in [0.25, 0.3) is 0 Å². The van der Waals surface area contributed by atoms with Crippen molar-refractivity contribution >= 4 is 0 Å². The van der Waals surface area contributed by atoms with Gasteiger partial charge in [-0.25, -0.2) is 0 Å². The molecule has 3 atom stereocenters. The molecule has 1 N–H and O–H groups in total. The van der Waals surface area contributed by atoms with E-state index in [1.807, 2.05) is 0 Å². The summed E-state index contributed by atoms with van der Waals surface area (Å²) in [6, 6.07) is 2.16. The molecule has 0 aromatic carbocycles. The summed E-state index contributed by atoms with van der Waals surface area (Å²) < 4.78 is 0. The van der Waals surface area contributed by atoms with E-state index in [0.717, 1.165) is 24.5 Å². The molecule has 2 aliphatic carbocycles. The largest absolute Gasteiger partial charge is 0.312 e. The number of rotatable bonds is 6. The lowest BCUT2D eigenvalue weighted by atomic mass is 9.70. The number of likely N-dealkylation sites (N-methyl/N-ethyl adjacent to an activating group) is 1. The van der Waals surface area contributed by atoms with Crippen molar-refractivity contribution in [3.8, 4) is 0 Å². The highest BCUT2D eigenvalue weighted by molar-refractivity contribution is 4.99. The van der Waals surface area contributed by atoms with Gasteiger partial charge in [-0.15, -0.1) is 0 Å². The molecule has 2 saturated carbocycles. The molecule has 0 bridgehead atoms. The molecule has 3 unspecified atom stereocenters. The fraction of sp³-hybridized carbons (Fsp3) is 1.00. The number of nitrogens with zero attached hydrogens (tertiary/aromatic N) is 1. The van der Waals surface area contributed by atoms with Gasteiger partial charge in [-0.1, -0.05) is 27.2 Å². The Kier molecular flexibility index (Phi) is 4.94. The fourth-order valence-corrected chi connectivity index (χ4v) is 3.97. The topological polar surface area (TPSA) is 15.3 Å². The van der Waals surface area contributed by atoms with Gasteiger partial charge < -0.3 is 5.32 Å². The second-order valence-corrected chi connectivity index (χ2v) is 7.62. The van der Waals surface area contributed by atoms with Crippen molar-refractivity contribution in [3.05, 3.63) is 0 Å². The molecular formula is C17H34N2. The molecule has 2 heteroatoms. The monoisotopic (exact) mass is 266 g/mol. The van der Waals surface area contributed by atoms with Crippen LogP contribution in [0, 0.1) is 11.3 Å². The fourth-order valence-electron chi connectivity index (χ4n) is 3.97. The third kappa shape index (κ3) is 3.52. The normalized spacial score (nSPS) is 32.5. The molecule has 0 saturated heterocycles. The number of nitrogens with one attached hydrogen (secondary N) is 1. The van der Waals surface area contributed by atoms with E-state index >= 15 is 0 Å². The van der Waals surface area contributed by atoms with Crippen LogP contribution < -0.4 is 5.32 Å². The average molecular weight is 266 g/mol. The van der Waals surface area contributed by atoms with E-state index in [9.17, 15) is 0 Å². The Labute approximate surface area is 120 Å². The highest BCUT2D eigenvalue weighted by Crippen LogP contribution is 2.41. The van der Waals surface area contributed by atoms with Gasteiger partial charge in [0.05, 0.1) is 0 Å². The molecule has 0 amide bonds. The zero-order valence-corrected chi connectivity index (χ0v) is 13.7. The summed E-state index contributed by atoms with van der Waals surface area (Å²) in [6.07, 6.45) is 8.28. The summed E-state index contributed by atoms with van der Waals surface area (Å²) in [5.74, 6) is 0.974. The molecule has 0 radical (unpaired) electrons. The first-order valence-corrected chi connectivity index (χ1v) is 8.42. The van der Waals surface area contributed by atoms with Crippen molar-refractivity contribution in [2.45, 2.75) is 84.3 Å². The quantitative estimate of drug-likeness (QED) is 0.789. The lowest BCUT2D eigenvalue weighted by molar-refractivity contribution is 0.0386. The van der Waals surface area contributed by atoms with Crippen LogP contribution in [0.5, 0.6) is 0 Å². The Morgan fingerprint density at radius 2 is 1.95 bits per heavy atom. The Balaban J connectivity index is 2.05. The molecule has 2 rings (SSSR count). The minimum Gasteiger partial charge on any atom is -0.312 e. The van der Waals surface area contributed by atoms with Gasteiger partial charge in [0.15, 0.2) is 0 Å². The van der Waals surface area contributed by atoms with E-state index in [1.54, 1.807) is 0 Å². The Bertz CT molecular complexity index is 283. The third-order valence-electron chi connectivity index (χ3n) is 5.63. The van der Waals surface area contributed by atoms with Gasteiger partial charge in [-0.05, 0) is 64.0 Å². The summed E-state index contributed by atoms with van der Waals surface area (Å²) in [5, 5.41) is 3.87. The minimum atomic E-state index is 0.440. The minimum absolute atomic E-state index is 0.440. The molecule has 0 aliphatic heterocycles. The van der Waals surface area contributed by atoms with Crippen molar-refractivity contribution < 1.29 is 0 Å². The summed E-state index contributed by atoms with van der Waals surface area (Å²) >= 11 is 0. The van der Waals surface area contributed by atoms with E-state index in [-0.39, 0.29) is 0 Å². The molecule has 2 nitrogen and oxygen atoms in total. The lowest BCUT2D eigenvalue weighted by Crippen LogP contribution is -2.59. The number of hydrogen-bond donors (Lipinski definition) is 1. The molecule has 19 heavy (non-hydrogen) atoms. The van der Waals surface area contributed by atoms with Gasteiger partial charge in [-0.3, -0.25) is 4.90 Å². The van der Waals surface area contributed by atoms with Gasteiger partial charge in [0.1, 0.15) is 0 Å². The first kappa shape index (κ1) is 15.3. The summed E-state index contributed by atoms with van der Waals surface area (Å²) in [6.45, 7) is 10.8. The smallest absolute Gasteiger partial charge is 0.0274 e. The third-order valence-corrected chi connectivity index (χ3v) is 5.63. The van der Waals surface area contributed by atoms with Gasteiger partial charge in [-0.2, -0.15) is 0 Å². The zero-order valence-electron chi connectivity index (χ0n) is 13.7. The van der Waals surface area contributed by atoms with Crippen molar-refractivity contribution in [1.29, 1.82) is 0 Å². The second kappa shape index (κ2) is 6.13. The van der Waals surface area contributed by atoms with Gasteiger partial charge in [0.2, 0.25) is 0 Å². The van der Waals surface area contributed by atoms with Gasteiger partial charge in [0, 0.05) is 18.1 Å². The van der Waals surface area contributed by atoms with Crippen LogP contribution in [0.4, 0.5) is 0 Å². The summed E-state index contributed by atoms with van der Waals surface area (Å²) in [4.78, 5) is 2.70. The predicted octanol–water partition coefficient (Wildman–Crippen LogP) is 3.66. The molecular weight excluding hydrogens is 232 g/mol. The van der Waals surface area contributed by atoms with Crippen LogP contribution in [0.1, 0.15) is 66.2 Å². The van der Waals surface area contributed by atoms with Crippen LogP contribution >= 0.6 is 0 Å². The average Bonchev–Trinajstić information content (AvgIpc) is 3.18. The van der Waals surface area contributed by atoms with Crippen molar-refractivity contribution in [2.75, 3.05) is 13.6 Å². The Morgan fingerprint density at radius 3 is 2.53 bits per heavy atom. The maximum absolute atomic E-state index is 3.87. The summed E-state index contributed by atoms with van der Waals surface area (Å²) in [5.41, 5.74) is 0.440.